The number of hydrogen-bond acceptors (Lipinski definition) is 6. The average Bonchev–Trinajstić information content (AvgIpc) is 2.97. The van der Waals surface area contributed by atoms with Gasteiger partial charge >= 0.3 is 0 Å². The van der Waals surface area contributed by atoms with Gasteiger partial charge in [-0.15, -0.1) is 0 Å². The summed E-state index contributed by atoms with van der Waals surface area (Å²) in [4.78, 5) is 30.4. The quantitative estimate of drug-likeness (QED) is 0.490. The molecule has 0 N–H and O–H groups in total. The molecule has 6 nitrogen and oxygen atoms in total. The fraction of sp³-hybridized carbons (Fsp3) is 0.565. The maximum absolute atomic E-state index is 13.0. The number of carbonyl (C=O) groups excluding carboxylic acids is 1. The SMILES string of the molecule is CCCCN1C(=O)C(=Cc2c(C)c(C#N)c(=O)n(C)c2N2CC(C)CC(C)C2)SC1=S. The number of amides is 1. The van der Waals surface area contributed by atoms with E-state index in [0.29, 0.717) is 33.2 Å². The third-order valence-electron chi connectivity index (χ3n) is 6.02. The molecule has 2 unspecified atom stereocenters. The molecule has 2 aliphatic heterocycles. The Labute approximate surface area is 193 Å². The molecule has 0 saturated carbocycles. The number of nitrogens with zero attached hydrogens (tertiary/aromatic N) is 4. The Bertz CT molecular complexity index is 1030. The lowest BCUT2D eigenvalue weighted by molar-refractivity contribution is -0.122. The summed E-state index contributed by atoms with van der Waals surface area (Å²) in [7, 11) is 1.71. The normalized spacial score (nSPS) is 23.0. The number of thioether (sulfide) groups is 1. The second-order valence-electron chi connectivity index (χ2n) is 8.75. The van der Waals surface area contributed by atoms with Crippen LogP contribution in [0, 0.1) is 30.1 Å². The predicted molar refractivity (Wildman–Crippen MR) is 131 cm³/mol. The summed E-state index contributed by atoms with van der Waals surface area (Å²) in [5.41, 5.74) is 1.20. The first kappa shape index (κ1) is 23.6. The number of anilines is 1. The minimum absolute atomic E-state index is 0.0958. The number of aromatic nitrogens is 1. The monoisotopic (exact) mass is 458 g/mol. The van der Waals surface area contributed by atoms with E-state index in [0.717, 1.165) is 43.7 Å². The van der Waals surface area contributed by atoms with Gasteiger partial charge in [0.2, 0.25) is 0 Å². The number of rotatable bonds is 5. The van der Waals surface area contributed by atoms with Crippen molar-refractivity contribution in [3.05, 3.63) is 31.9 Å². The molecular weight excluding hydrogens is 428 g/mol. The summed E-state index contributed by atoms with van der Waals surface area (Å²) >= 11 is 6.75. The van der Waals surface area contributed by atoms with Gasteiger partial charge in [0, 0.05) is 32.2 Å². The topological polar surface area (TPSA) is 69.3 Å². The summed E-state index contributed by atoms with van der Waals surface area (Å²) in [5, 5.41) is 9.63. The van der Waals surface area contributed by atoms with Crippen molar-refractivity contribution in [1.82, 2.24) is 9.47 Å². The van der Waals surface area contributed by atoms with Crippen LogP contribution in [-0.4, -0.2) is 39.3 Å². The van der Waals surface area contributed by atoms with Gasteiger partial charge < -0.3 is 4.90 Å². The first-order chi connectivity index (χ1) is 14.7. The van der Waals surface area contributed by atoms with Gasteiger partial charge in [-0.1, -0.05) is 51.2 Å². The lowest BCUT2D eigenvalue weighted by atomic mass is 9.91. The summed E-state index contributed by atoms with van der Waals surface area (Å²) in [6, 6.07) is 2.07. The molecule has 0 aromatic carbocycles. The highest BCUT2D eigenvalue weighted by atomic mass is 32.2. The molecule has 3 heterocycles. The second kappa shape index (κ2) is 9.58. The fourth-order valence-electron chi connectivity index (χ4n) is 4.57. The van der Waals surface area contributed by atoms with Gasteiger partial charge in [-0.2, -0.15) is 5.26 Å². The Balaban J connectivity index is 2.15. The molecule has 1 aromatic rings. The molecule has 2 saturated heterocycles. The lowest BCUT2D eigenvalue weighted by Gasteiger charge is -2.38. The molecule has 166 valence electrons. The molecule has 31 heavy (non-hydrogen) atoms. The Morgan fingerprint density at radius 3 is 2.48 bits per heavy atom. The number of nitriles is 1. The lowest BCUT2D eigenvalue weighted by Crippen LogP contribution is -2.42. The molecule has 0 radical (unpaired) electrons. The van der Waals surface area contributed by atoms with Crippen molar-refractivity contribution in [2.45, 2.75) is 47.0 Å². The summed E-state index contributed by atoms with van der Waals surface area (Å²) in [6.07, 6.45) is 4.86. The van der Waals surface area contributed by atoms with Gasteiger partial charge in [-0.3, -0.25) is 19.1 Å². The second-order valence-corrected chi connectivity index (χ2v) is 10.4. The number of hydrogen-bond donors (Lipinski definition) is 0. The number of piperidine rings is 1. The number of unbranched alkanes of at least 4 members (excludes halogenated alkanes) is 1. The number of thiocarbonyl (C=S) groups is 1. The van der Waals surface area contributed by atoms with Crippen LogP contribution < -0.4 is 10.5 Å². The summed E-state index contributed by atoms with van der Waals surface area (Å²) in [6.45, 7) is 10.6. The molecule has 0 bridgehead atoms. The van der Waals surface area contributed by atoms with Crippen LogP contribution in [0.2, 0.25) is 0 Å². The zero-order chi connectivity index (χ0) is 22.9. The van der Waals surface area contributed by atoms with Gasteiger partial charge in [0.1, 0.15) is 21.8 Å². The molecular formula is C23H30N4O2S2. The van der Waals surface area contributed by atoms with E-state index < -0.39 is 0 Å². The molecule has 0 spiro atoms. The Kier molecular flexibility index (Phi) is 7.28. The van der Waals surface area contributed by atoms with E-state index in [9.17, 15) is 14.9 Å². The average molecular weight is 459 g/mol. The van der Waals surface area contributed by atoms with Crippen LogP contribution in [0.4, 0.5) is 5.82 Å². The molecule has 3 rings (SSSR count). The first-order valence-electron chi connectivity index (χ1n) is 10.8. The van der Waals surface area contributed by atoms with Gasteiger partial charge in [-0.25, -0.2) is 0 Å². The highest BCUT2D eigenvalue weighted by molar-refractivity contribution is 8.26. The Hall–Kier alpha value is -2.11. The maximum Gasteiger partial charge on any atom is 0.270 e. The van der Waals surface area contributed by atoms with Crippen molar-refractivity contribution in [1.29, 1.82) is 5.26 Å². The van der Waals surface area contributed by atoms with Crippen LogP contribution in [-0.2, 0) is 11.8 Å². The molecule has 2 atom stereocenters. The van der Waals surface area contributed by atoms with E-state index in [1.165, 1.54) is 11.8 Å². The zero-order valence-electron chi connectivity index (χ0n) is 18.9. The maximum atomic E-state index is 13.0. The predicted octanol–water partition coefficient (Wildman–Crippen LogP) is 4.05. The van der Waals surface area contributed by atoms with E-state index in [-0.39, 0.29) is 17.0 Å². The smallest absolute Gasteiger partial charge is 0.270 e. The Morgan fingerprint density at radius 2 is 1.90 bits per heavy atom. The van der Waals surface area contributed by atoms with Gasteiger partial charge in [0.25, 0.3) is 11.5 Å². The van der Waals surface area contributed by atoms with Crippen LogP contribution in [0.25, 0.3) is 6.08 Å². The van der Waals surface area contributed by atoms with Crippen molar-refractivity contribution in [2.75, 3.05) is 24.5 Å². The zero-order valence-corrected chi connectivity index (χ0v) is 20.5. The van der Waals surface area contributed by atoms with Crippen molar-refractivity contribution in [3.63, 3.8) is 0 Å². The summed E-state index contributed by atoms with van der Waals surface area (Å²) < 4.78 is 2.13. The van der Waals surface area contributed by atoms with Crippen LogP contribution >= 0.6 is 24.0 Å². The molecule has 1 aromatic heterocycles. The highest BCUT2D eigenvalue weighted by Crippen LogP contribution is 2.37. The van der Waals surface area contributed by atoms with Gasteiger partial charge in [-0.05, 0) is 43.2 Å². The van der Waals surface area contributed by atoms with E-state index in [2.05, 4.69) is 31.7 Å². The van der Waals surface area contributed by atoms with Gasteiger partial charge in [0.15, 0.2) is 0 Å². The third-order valence-corrected chi connectivity index (χ3v) is 7.40. The molecule has 1 amide bonds. The van der Waals surface area contributed by atoms with Crippen LogP contribution in [0.15, 0.2) is 9.70 Å². The third kappa shape index (κ3) is 4.58. The number of pyridine rings is 1. The van der Waals surface area contributed by atoms with E-state index in [1.807, 2.05) is 6.08 Å². The van der Waals surface area contributed by atoms with Crippen molar-refractivity contribution in [2.24, 2.45) is 18.9 Å². The van der Waals surface area contributed by atoms with E-state index >= 15 is 0 Å². The minimum Gasteiger partial charge on any atom is -0.357 e. The first-order valence-corrected chi connectivity index (χ1v) is 12.1. The highest BCUT2D eigenvalue weighted by Gasteiger charge is 2.33. The van der Waals surface area contributed by atoms with Gasteiger partial charge in [0.05, 0.1) is 4.91 Å². The molecule has 8 heteroatoms. The number of carbonyl (C=O) groups is 1. The largest absolute Gasteiger partial charge is 0.357 e. The summed E-state index contributed by atoms with van der Waals surface area (Å²) in [5.74, 6) is 1.67. The van der Waals surface area contributed by atoms with Crippen LogP contribution in [0.5, 0.6) is 0 Å². The van der Waals surface area contributed by atoms with Crippen LogP contribution in [0.1, 0.15) is 56.7 Å². The molecule has 2 fully saturated rings. The fourth-order valence-corrected chi connectivity index (χ4v) is 5.86. The van der Waals surface area contributed by atoms with Crippen molar-refractivity contribution in [3.8, 4) is 6.07 Å². The van der Waals surface area contributed by atoms with E-state index in [4.69, 9.17) is 12.2 Å². The minimum atomic E-state index is -0.298. The van der Waals surface area contributed by atoms with Crippen molar-refractivity contribution >= 4 is 46.1 Å². The molecule has 0 aliphatic carbocycles. The van der Waals surface area contributed by atoms with Crippen molar-refractivity contribution < 1.29 is 4.79 Å². The Morgan fingerprint density at radius 1 is 1.26 bits per heavy atom. The molecule has 2 aliphatic rings. The van der Waals surface area contributed by atoms with Crippen LogP contribution in [0.3, 0.4) is 0 Å². The van der Waals surface area contributed by atoms with E-state index in [1.54, 1.807) is 23.4 Å². The standard InChI is InChI=1S/C23H30N4O2S2/c1-6-7-8-27-22(29)19(31-23(27)30)10-17-16(4)18(11-24)21(28)25(5)20(17)26-12-14(2)9-15(3)13-26/h10,14-15H,6-9,12-13H2,1-5H3.